The number of nitrogens with zero attached hydrogens (tertiary/aromatic N) is 2. The summed E-state index contributed by atoms with van der Waals surface area (Å²) >= 11 is 0. The average molecular weight is 259 g/mol. The van der Waals surface area contributed by atoms with E-state index in [4.69, 9.17) is 5.73 Å². The first-order valence-corrected chi connectivity index (χ1v) is 7.14. The second kappa shape index (κ2) is 5.11. The molecule has 1 aromatic carbocycles. The molecule has 0 aromatic heterocycles. The molecule has 2 fully saturated rings. The van der Waals surface area contributed by atoms with Crippen LogP contribution in [0, 0.1) is 0 Å². The van der Waals surface area contributed by atoms with Crippen LogP contribution in [-0.4, -0.2) is 35.0 Å². The fraction of sp³-hybridized carbons (Fsp3) is 0.533. The van der Waals surface area contributed by atoms with Gasteiger partial charge in [0.2, 0.25) is 0 Å². The zero-order valence-electron chi connectivity index (χ0n) is 11.2. The molecule has 19 heavy (non-hydrogen) atoms. The number of nitrogen functional groups attached to an aromatic ring is 1. The number of benzene rings is 1. The van der Waals surface area contributed by atoms with Gasteiger partial charge >= 0.3 is 6.03 Å². The topological polar surface area (TPSA) is 49.6 Å². The number of anilines is 1. The molecule has 0 spiro atoms. The van der Waals surface area contributed by atoms with Crippen molar-refractivity contribution in [1.29, 1.82) is 0 Å². The molecule has 2 amide bonds. The van der Waals surface area contributed by atoms with Crippen molar-refractivity contribution in [3.8, 4) is 0 Å². The number of hydrogen-bond acceptors (Lipinski definition) is 2. The van der Waals surface area contributed by atoms with Gasteiger partial charge in [0.25, 0.3) is 0 Å². The fourth-order valence-electron chi connectivity index (χ4n) is 2.65. The highest BCUT2D eigenvalue weighted by Gasteiger charge is 2.35. The van der Waals surface area contributed by atoms with Crippen molar-refractivity contribution >= 4 is 11.7 Å². The molecule has 2 aliphatic rings. The van der Waals surface area contributed by atoms with Gasteiger partial charge in [-0.2, -0.15) is 0 Å². The van der Waals surface area contributed by atoms with E-state index in [9.17, 15) is 4.79 Å². The summed E-state index contributed by atoms with van der Waals surface area (Å²) in [5, 5.41) is 0. The first-order chi connectivity index (χ1) is 9.24. The molecule has 1 saturated carbocycles. The summed E-state index contributed by atoms with van der Waals surface area (Å²) in [6.07, 6.45) is 4.58. The Labute approximate surface area is 114 Å². The Kier molecular flexibility index (Phi) is 3.32. The Bertz CT molecular complexity index is 447. The van der Waals surface area contributed by atoms with E-state index >= 15 is 0 Å². The quantitative estimate of drug-likeness (QED) is 0.848. The molecule has 1 aliphatic heterocycles. The first kappa shape index (κ1) is 12.3. The number of hydrogen-bond donors (Lipinski definition) is 1. The third-order valence-electron chi connectivity index (χ3n) is 3.94. The smallest absolute Gasteiger partial charge is 0.320 e. The van der Waals surface area contributed by atoms with Crippen molar-refractivity contribution in [3.63, 3.8) is 0 Å². The average Bonchev–Trinajstić information content (AvgIpc) is 3.11. The zero-order valence-corrected chi connectivity index (χ0v) is 11.2. The lowest BCUT2D eigenvalue weighted by Gasteiger charge is -2.28. The monoisotopic (exact) mass is 259 g/mol. The van der Waals surface area contributed by atoms with Crippen LogP contribution in [0.4, 0.5) is 10.5 Å². The van der Waals surface area contributed by atoms with Crippen molar-refractivity contribution in [3.05, 3.63) is 29.8 Å². The normalized spacial score (nSPS) is 18.6. The van der Waals surface area contributed by atoms with E-state index in [2.05, 4.69) is 0 Å². The molecule has 2 N–H and O–H groups in total. The molecule has 1 aromatic rings. The molecular weight excluding hydrogens is 238 g/mol. The van der Waals surface area contributed by atoms with Gasteiger partial charge in [-0.25, -0.2) is 4.79 Å². The predicted molar refractivity (Wildman–Crippen MR) is 75.6 cm³/mol. The van der Waals surface area contributed by atoms with E-state index in [1.54, 1.807) is 0 Å². The molecule has 102 valence electrons. The minimum absolute atomic E-state index is 0.219. The number of rotatable bonds is 3. The number of amides is 2. The van der Waals surface area contributed by atoms with Gasteiger partial charge in [-0.15, -0.1) is 0 Å². The Balaban J connectivity index is 1.70. The molecule has 0 radical (unpaired) electrons. The molecule has 1 heterocycles. The molecule has 4 heteroatoms. The van der Waals surface area contributed by atoms with E-state index in [-0.39, 0.29) is 6.03 Å². The van der Waals surface area contributed by atoms with Crippen LogP contribution in [0.1, 0.15) is 31.2 Å². The second-order valence-electron chi connectivity index (χ2n) is 5.58. The number of urea groups is 1. The lowest BCUT2D eigenvalue weighted by atomic mass is 10.2. The van der Waals surface area contributed by atoms with Crippen LogP contribution in [0.5, 0.6) is 0 Å². The number of nitrogens with two attached hydrogens (primary N) is 1. The summed E-state index contributed by atoms with van der Waals surface area (Å²) in [6.45, 7) is 2.55. The standard InChI is InChI=1S/C15H21N3O/c16-13-5-3-12(4-6-13)11-18(14-7-8-14)15(19)17-9-1-2-10-17/h3-6,14H,1-2,7-11,16H2. The van der Waals surface area contributed by atoms with Crippen molar-refractivity contribution in [2.75, 3.05) is 18.8 Å². The lowest BCUT2D eigenvalue weighted by Crippen LogP contribution is -2.42. The van der Waals surface area contributed by atoms with Crippen LogP contribution in [0.3, 0.4) is 0 Å². The van der Waals surface area contributed by atoms with Crippen molar-refractivity contribution in [2.45, 2.75) is 38.3 Å². The summed E-state index contributed by atoms with van der Waals surface area (Å²) in [6, 6.07) is 8.51. The zero-order chi connectivity index (χ0) is 13.2. The Morgan fingerprint density at radius 2 is 1.84 bits per heavy atom. The maximum absolute atomic E-state index is 12.5. The fourth-order valence-corrected chi connectivity index (χ4v) is 2.65. The highest BCUT2D eigenvalue weighted by atomic mass is 16.2. The first-order valence-electron chi connectivity index (χ1n) is 7.14. The van der Waals surface area contributed by atoms with Crippen molar-refractivity contribution < 1.29 is 4.79 Å². The molecule has 3 rings (SSSR count). The van der Waals surface area contributed by atoms with Crippen molar-refractivity contribution in [2.24, 2.45) is 0 Å². The summed E-state index contributed by atoms with van der Waals surface area (Å²) in [7, 11) is 0. The second-order valence-corrected chi connectivity index (χ2v) is 5.58. The van der Waals surface area contributed by atoms with Crippen LogP contribution in [-0.2, 0) is 6.54 Å². The van der Waals surface area contributed by atoms with Gasteiger partial charge in [0, 0.05) is 31.4 Å². The number of carbonyl (C=O) groups is 1. The minimum Gasteiger partial charge on any atom is -0.399 e. The third kappa shape index (κ3) is 2.83. The summed E-state index contributed by atoms with van der Waals surface area (Å²) < 4.78 is 0. The third-order valence-corrected chi connectivity index (χ3v) is 3.94. The SMILES string of the molecule is Nc1ccc(CN(C(=O)N2CCCC2)C2CC2)cc1. The molecule has 0 bridgehead atoms. The molecule has 1 saturated heterocycles. The van der Waals surface area contributed by atoms with Crippen molar-refractivity contribution in [1.82, 2.24) is 9.80 Å². The van der Waals surface area contributed by atoms with E-state index in [0.29, 0.717) is 12.6 Å². The molecule has 0 atom stereocenters. The molecular formula is C15H21N3O. The minimum atomic E-state index is 0.219. The Morgan fingerprint density at radius 3 is 2.42 bits per heavy atom. The van der Waals surface area contributed by atoms with Crippen LogP contribution in [0.2, 0.25) is 0 Å². The maximum atomic E-state index is 12.5. The lowest BCUT2D eigenvalue weighted by molar-refractivity contribution is 0.156. The van der Waals surface area contributed by atoms with Crippen LogP contribution < -0.4 is 5.73 Å². The summed E-state index contributed by atoms with van der Waals surface area (Å²) in [5.74, 6) is 0. The Hall–Kier alpha value is -1.71. The maximum Gasteiger partial charge on any atom is 0.320 e. The van der Waals surface area contributed by atoms with E-state index in [1.807, 2.05) is 34.1 Å². The van der Waals surface area contributed by atoms with Gasteiger partial charge < -0.3 is 15.5 Å². The van der Waals surface area contributed by atoms with E-state index in [1.165, 1.54) is 0 Å². The van der Waals surface area contributed by atoms with Gasteiger partial charge in [0.15, 0.2) is 0 Å². The molecule has 0 unspecified atom stereocenters. The van der Waals surface area contributed by atoms with Gasteiger partial charge in [-0.05, 0) is 43.4 Å². The predicted octanol–water partition coefficient (Wildman–Crippen LogP) is 2.45. The van der Waals surface area contributed by atoms with Gasteiger partial charge in [0.05, 0.1) is 0 Å². The van der Waals surface area contributed by atoms with Gasteiger partial charge in [-0.3, -0.25) is 0 Å². The van der Waals surface area contributed by atoms with Crippen LogP contribution in [0.25, 0.3) is 0 Å². The molecule has 1 aliphatic carbocycles. The van der Waals surface area contributed by atoms with Gasteiger partial charge in [0.1, 0.15) is 0 Å². The summed E-state index contributed by atoms with van der Waals surface area (Å²) in [4.78, 5) is 16.6. The van der Waals surface area contributed by atoms with Crippen LogP contribution >= 0.6 is 0 Å². The van der Waals surface area contributed by atoms with Gasteiger partial charge in [-0.1, -0.05) is 12.1 Å². The highest BCUT2D eigenvalue weighted by Crippen LogP contribution is 2.30. The van der Waals surface area contributed by atoms with Crippen LogP contribution in [0.15, 0.2) is 24.3 Å². The van der Waals surface area contributed by atoms with E-state index in [0.717, 1.165) is 50.0 Å². The summed E-state index contributed by atoms with van der Waals surface area (Å²) in [5.41, 5.74) is 7.63. The van der Waals surface area contributed by atoms with E-state index < -0.39 is 0 Å². The number of likely N-dealkylation sites (tertiary alicyclic amines) is 1. The number of carbonyl (C=O) groups excluding carboxylic acids is 1. The molecule has 4 nitrogen and oxygen atoms in total. The highest BCUT2D eigenvalue weighted by molar-refractivity contribution is 5.75. The Morgan fingerprint density at radius 1 is 1.21 bits per heavy atom. The largest absolute Gasteiger partial charge is 0.399 e.